The van der Waals surface area contributed by atoms with Gasteiger partial charge in [0.25, 0.3) is 0 Å². The molecule has 0 fully saturated rings. The van der Waals surface area contributed by atoms with Gasteiger partial charge in [-0.1, -0.05) is 32.0 Å². The minimum atomic E-state index is -0.126. The number of rotatable bonds is 2. The Morgan fingerprint density at radius 3 is 2.07 bits per heavy atom. The maximum atomic E-state index is 13.2. The van der Waals surface area contributed by atoms with Crippen molar-refractivity contribution in [3.63, 3.8) is 0 Å². The van der Waals surface area contributed by atoms with E-state index >= 15 is 0 Å². The van der Waals surface area contributed by atoms with Gasteiger partial charge in [-0.25, -0.2) is 4.39 Å². The smallest absolute Gasteiger partial charge is 0.127 e. The van der Waals surface area contributed by atoms with E-state index in [-0.39, 0.29) is 11.9 Å². The fraction of sp³-hybridized carbons (Fsp3) is 0.500. The van der Waals surface area contributed by atoms with Crippen molar-refractivity contribution in [2.24, 2.45) is 0 Å². The summed E-state index contributed by atoms with van der Waals surface area (Å²) >= 11 is 0. The molecule has 0 amide bonds. The van der Waals surface area contributed by atoms with E-state index in [2.05, 4.69) is 0 Å². The molecule has 1 nitrogen and oxygen atoms in total. The van der Waals surface area contributed by atoms with Gasteiger partial charge in [-0.05, 0) is 27.1 Å². The van der Waals surface area contributed by atoms with Crippen LogP contribution in [-0.2, 0) is 0 Å². The van der Waals surface area contributed by atoms with Crippen molar-refractivity contribution >= 4 is 0 Å². The van der Waals surface area contributed by atoms with Crippen LogP contribution in [0, 0.1) is 5.82 Å². The topological polar surface area (TPSA) is 3.24 Å². The fourth-order valence-electron chi connectivity index (χ4n) is 1.09. The van der Waals surface area contributed by atoms with Gasteiger partial charge in [0.15, 0.2) is 0 Å². The molecule has 1 rings (SSSR count). The van der Waals surface area contributed by atoms with Gasteiger partial charge in [-0.2, -0.15) is 0 Å². The molecule has 0 aliphatic heterocycles. The summed E-state index contributed by atoms with van der Waals surface area (Å²) in [6.07, 6.45) is 0. The van der Waals surface area contributed by atoms with Gasteiger partial charge in [0.1, 0.15) is 5.82 Å². The maximum absolute atomic E-state index is 13.2. The lowest BCUT2D eigenvalue weighted by Gasteiger charge is -2.20. The van der Waals surface area contributed by atoms with Crippen LogP contribution >= 0.6 is 0 Å². The van der Waals surface area contributed by atoms with E-state index in [9.17, 15) is 4.39 Å². The molecule has 0 N–H and O–H groups in total. The van der Waals surface area contributed by atoms with E-state index in [0.717, 1.165) is 5.56 Å². The van der Waals surface area contributed by atoms with Crippen molar-refractivity contribution in [1.29, 1.82) is 0 Å². The van der Waals surface area contributed by atoms with Gasteiger partial charge < -0.3 is 4.90 Å². The monoisotopic (exact) mass is 197 g/mol. The summed E-state index contributed by atoms with van der Waals surface area (Å²) in [5.74, 6) is -0.126. The highest BCUT2D eigenvalue weighted by atomic mass is 19.1. The third-order valence-electron chi connectivity index (χ3n) is 2.13. The Hall–Kier alpha value is -0.890. The Bertz CT molecular complexity index is 258. The molecule has 2 heteroatoms. The molecule has 0 spiro atoms. The van der Waals surface area contributed by atoms with E-state index in [0.29, 0.717) is 0 Å². The van der Waals surface area contributed by atoms with Crippen LogP contribution in [0.1, 0.15) is 32.4 Å². The summed E-state index contributed by atoms with van der Waals surface area (Å²) in [5.41, 5.74) is 0.752. The third-order valence-corrected chi connectivity index (χ3v) is 2.13. The molecule has 1 atom stereocenters. The Morgan fingerprint density at radius 2 is 1.64 bits per heavy atom. The van der Waals surface area contributed by atoms with Crippen molar-refractivity contribution in [3.8, 4) is 0 Å². The highest BCUT2D eigenvalue weighted by molar-refractivity contribution is 5.20. The molecule has 0 radical (unpaired) electrons. The molecule has 14 heavy (non-hydrogen) atoms. The molecule has 1 unspecified atom stereocenters. The van der Waals surface area contributed by atoms with Crippen LogP contribution in [0.15, 0.2) is 24.3 Å². The first-order chi connectivity index (χ1) is 6.63. The third kappa shape index (κ3) is 3.46. The fourth-order valence-corrected chi connectivity index (χ4v) is 1.09. The van der Waals surface area contributed by atoms with Crippen LogP contribution in [0.4, 0.5) is 4.39 Å². The number of hydrogen-bond donors (Lipinski definition) is 0. The highest BCUT2D eigenvalue weighted by Crippen LogP contribution is 2.19. The molecular weight excluding hydrogens is 177 g/mol. The molecule has 0 saturated heterocycles. The van der Waals surface area contributed by atoms with E-state index in [4.69, 9.17) is 0 Å². The quantitative estimate of drug-likeness (QED) is 0.701. The van der Waals surface area contributed by atoms with Crippen molar-refractivity contribution in [1.82, 2.24) is 4.90 Å². The van der Waals surface area contributed by atoms with Gasteiger partial charge in [-0.3, -0.25) is 0 Å². The predicted molar refractivity (Wildman–Crippen MR) is 59.9 cm³/mol. The molecular formula is C12H20FN. The first-order valence-corrected chi connectivity index (χ1v) is 5.03. The Labute approximate surface area is 86.6 Å². The number of nitrogens with zero attached hydrogens (tertiary/aromatic N) is 1. The largest absolute Gasteiger partial charge is 0.303 e. The van der Waals surface area contributed by atoms with Gasteiger partial charge in [0.2, 0.25) is 0 Å². The SMILES string of the molecule is CC.CC(c1ccccc1F)N(C)C. The predicted octanol–water partition coefficient (Wildman–Crippen LogP) is 3.47. The molecule has 0 saturated carbocycles. The average Bonchev–Trinajstić information content (AvgIpc) is 2.20. The Balaban J connectivity index is 0.000000791. The van der Waals surface area contributed by atoms with Crippen LogP contribution in [0.2, 0.25) is 0 Å². The average molecular weight is 197 g/mol. The van der Waals surface area contributed by atoms with Crippen LogP contribution in [-0.4, -0.2) is 19.0 Å². The molecule has 0 aliphatic rings. The lowest BCUT2D eigenvalue weighted by atomic mass is 10.1. The van der Waals surface area contributed by atoms with E-state index in [1.54, 1.807) is 6.07 Å². The molecule has 1 aromatic carbocycles. The minimum Gasteiger partial charge on any atom is -0.303 e. The standard InChI is InChI=1S/C10H14FN.C2H6/c1-8(12(2)3)9-6-4-5-7-10(9)11;1-2/h4-8H,1-3H3;1-2H3. The van der Waals surface area contributed by atoms with E-state index in [1.165, 1.54) is 6.07 Å². The molecule has 80 valence electrons. The zero-order valence-corrected chi connectivity index (χ0v) is 9.71. The van der Waals surface area contributed by atoms with Gasteiger partial charge >= 0.3 is 0 Å². The Morgan fingerprint density at radius 1 is 1.14 bits per heavy atom. The van der Waals surface area contributed by atoms with Crippen LogP contribution in [0.25, 0.3) is 0 Å². The van der Waals surface area contributed by atoms with Crippen LogP contribution in [0.3, 0.4) is 0 Å². The summed E-state index contributed by atoms with van der Waals surface area (Å²) in [5, 5.41) is 0. The molecule has 0 aromatic heterocycles. The van der Waals surface area contributed by atoms with Gasteiger partial charge in [-0.15, -0.1) is 0 Å². The molecule has 0 aliphatic carbocycles. The number of hydrogen-bond acceptors (Lipinski definition) is 1. The van der Waals surface area contributed by atoms with Crippen molar-refractivity contribution < 1.29 is 4.39 Å². The Kier molecular flexibility index (Phi) is 6.13. The van der Waals surface area contributed by atoms with Crippen molar-refractivity contribution in [2.75, 3.05) is 14.1 Å². The lowest BCUT2D eigenvalue weighted by Crippen LogP contribution is -2.17. The zero-order valence-electron chi connectivity index (χ0n) is 9.71. The summed E-state index contributed by atoms with van der Waals surface area (Å²) in [7, 11) is 3.88. The summed E-state index contributed by atoms with van der Waals surface area (Å²) in [4.78, 5) is 1.98. The second-order valence-corrected chi connectivity index (χ2v) is 3.16. The highest BCUT2D eigenvalue weighted by Gasteiger charge is 2.10. The van der Waals surface area contributed by atoms with E-state index < -0.39 is 0 Å². The summed E-state index contributed by atoms with van der Waals surface area (Å²) in [6, 6.07) is 7.01. The summed E-state index contributed by atoms with van der Waals surface area (Å²) in [6.45, 7) is 5.98. The normalized spacial score (nSPS) is 11.9. The molecule has 0 bridgehead atoms. The zero-order chi connectivity index (χ0) is 11.1. The number of halogens is 1. The van der Waals surface area contributed by atoms with Gasteiger partial charge in [0, 0.05) is 11.6 Å². The lowest BCUT2D eigenvalue weighted by molar-refractivity contribution is 0.313. The minimum absolute atomic E-state index is 0.126. The van der Waals surface area contributed by atoms with Crippen molar-refractivity contribution in [3.05, 3.63) is 35.6 Å². The first kappa shape index (κ1) is 13.1. The summed E-state index contributed by atoms with van der Waals surface area (Å²) < 4.78 is 13.2. The number of benzene rings is 1. The van der Waals surface area contributed by atoms with Crippen LogP contribution in [0.5, 0.6) is 0 Å². The van der Waals surface area contributed by atoms with Crippen LogP contribution < -0.4 is 0 Å². The van der Waals surface area contributed by atoms with Gasteiger partial charge in [0.05, 0.1) is 0 Å². The van der Waals surface area contributed by atoms with E-state index in [1.807, 2.05) is 51.9 Å². The molecule has 1 aromatic rings. The second-order valence-electron chi connectivity index (χ2n) is 3.16. The van der Waals surface area contributed by atoms with Crippen molar-refractivity contribution in [2.45, 2.75) is 26.8 Å². The molecule has 0 heterocycles. The first-order valence-electron chi connectivity index (χ1n) is 5.03. The second kappa shape index (κ2) is 6.55. The maximum Gasteiger partial charge on any atom is 0.127 e.